The Labute approximate surface area is 215 Å². The second kappa shape index (κ2) is 14.0. The molecule has 0 saturated heterocycles. The van der Waals surface area contributed by atoms with Crippen LogP contribution < -0.4 is 0 Å². The first-order valence-electron chi connectivity index (χ1n) is 12.8. The average molecular weight is 502 g/mol. The van der Waals surface area contributed by atoms with E-state index in [9.17, 15) is 5.11 Å². The smallest absolute Gasteiger partial charge is 0.0924 e. The van der Waals surface area contributed by atoms with E-state index in [0.29, 0.717) is 16.6 Å². The summed E-state index contributed by atoms with van der Waals surface area (Å²) in [5.74, 6) is 0. The van der Waals surface area contributed by atoms with E-state index in [-0.39, 0.29) is 0 Å². The van der Waals surface area contributed by atoms with Crippen molar-refractivity contribution in [2.75, 3.05) is 19.6 Å². The summed E-state index contributed by atoms with van der Waals surface area (Å²) in [4.78, 5) is 7.28. The SMILES string of the molecule is CCCCCCN(CCCCCC)C[C@H](O)c1cc(-c2ccc(Cl)cc2)nc2c(Cl)cccc12. The van der Waals surface area contributed by atoms with Crippen LogP contribution in [0.5, 0.6) is 0 Å². The number of rotatable bonds is 14. The van der Waals surface area contributed by atoms with Gasteiger partial charge in [-0.2, -0.15) is 0 Å². The molecule has 5 heteroatoms. The summed E-state index contributed by atoms with van der Waals surface area (Å²) < 4.78 is 0. The Morgan fingerprint density at radius 3 is 2.12 bits per heavy atom. The Balaban J connectivity index is 1.87. The maximum atomic E-state index is 11.5. The van der Waals surface area contributed by atoms with Gasteiger partial charge in [0.15, 0.2) is 0 Å². The van der Waals surface area contributed by atoms with Gasteiger partial charge >= 0.3 is 0 Å². The number of aromatic nitrogens is 1. The molecular formula is C29H38Cl2N2O. The molecule has 0 saturated carbocycles. The largest absolute Gasteiger partial charge is 0.387 e. The zero-order valence-corrected chi connectivity index (χ0v) is 22.1. The molecule has 3 aromatic rings. The van der Waals surface area contributed by atoms with Gasteiger partial charge < -0.3 is 10.0 Å². The summed E-state index contributed by atoms with van der Waals surface area (Å²) in [6.07, 6.45) is 9.22. The van der Waals surface area contributed by atoms with Gasteiger partial charge in [0, 0.05) is 22.5 Å². The average Bonchev–Trinajstić information content (AvgIpc) is 2.84. The number of halogens is 2. The van der Waals surface area contributed by atoms with E-state index in [0.717, 1.165) is 40.8 Å². The van der Waals surface area contributed by atoms with Gasteiger partial charge in [0.2, 0.25) is 0 Å². The quantitative estimate of drug-likeness (QED) is 0.225. The zero-order chi connectivity index (χ0) is 24.3. The third-order valence-electron chi connectivity index (χ3n) is 6.41. The number of aliphatic hydroxyl groups excluding tert-OH is 1. The number of hydrogen-bond acceptors (Lipinski definition) is 3. The van der Waals surface area contributed by atoms with Crippen molar-refractivity contribution >= 4 is 34.1 Å². The first-order chi connectivity index (χ1) is 16.5. The van der Waals surface area contributed by atoms with Gasteiger partial charge in [-0.1, -0.05) is 99.8 Å². The summed E-state index contributed by atoms with van der Waals surface area (Å²) in [7, 11) is 0. The molecule has 0 bridgehead atoms. The van der Waals surface area contributed by atoms with E-state index >= 15 is 0 Å². The first kappa shape index (κ1) is 26.9. The van der Waals surface area contributed by atoms with Crippen molar-refractivity contribution in [3.63, 3.8) is 0 Å². The van der Waals surface area contributed by atoms with Gasteiger partial charge in [-0.05, 0) is 55.8 Å². The van der Waals surface area contributed by atoms with E-state index in [4.69, 9.17) is 28.2 Å². The highest BCUT2D eigenvalue weighted by Crippen LogP contribution is 2.33. The Hall–Kier alpha value is -1.65. The van der Waals surface area contributed by atoms with Gasteiger partial charge in [0.25, 0.3) is 0 Å². The first-order valence-corrected chi connectivity index (χ1v) is 13.5. The molecule has 0 unspecified atom stereocenters. The van der Waals surface area contributed by atoms with Gasteiger partial charge in [0.05, 0.1) is 22.3 Å². The second-order valence-electron chi connectivity index (χ2n) is 9.18. The monoisotopic (exact) mass is 500 g/mol. The number of hydrogen-bond donors (Lipinski definition) is 1. The normalized spacial score (nSPS) is 12.5. The number of pyridine rings is 1. The third-order valence-corrected chi connectivity index (χ3v) is 6.97. The summed E-state index contributed by atoms with van der Waals surface area (Å²) in [6, 6.07) is 15.4. The molecule has 0 fully saturated rings. The predicted molar refractivity (Wildman–Crippen MR) is 147 cm³/mol. The molecule has 0 spiro atoms. The van der Waals surface area contributed by atoms with Crippen molar-refractivity contribution in [1.82, 2.24) is 9.88 Å². The van der Waals surface area contributed by atoms with Gasteiger partial charge in [0.1, 0.15) is 0 Å². The Bertz CT molecular complexity index is 1010. The highest BCUT2D eigenvalue weighted by atomic mass is 35.5. The number of para-hydroxylation sites is 1. The fraction of sp³-hybridized carbons (Fsp3) is 0.483. The number of unbranched alkanes of at least 4 members (excludes halogenated alkanes) is 6. The fourth-order valence-electron chi connectivity index (χ4n) is 4.45. The molecule has 2 aromatic carbocycles. The summed E-state index contributed by atoms with van der Waals surface area (Å²) in [5, 5.41) is 13.7. The van der Waals surface area contributed by atoms with Crippen molar-refractivity contribution in [3.05, 3.63) is 64.1 Å². The van der Waals surface area contributed by atoms with Crippen molar-refractivity contribution in [2.45, 2.75) is 71.3 Å². The molecule has 1 aromatic heterocycles. The third kappa shape index (κ3) is 7.68. The molecule has 34 heavy (non-hydrogen) atoms. The maximum Gasteiger partial charge on any atom is 0.0924 e. The lowest BCUT2D eigenvalue weighted by Gasteiger charge is -2.26. The minimum atomic E-state index is -0.618. The molecular weight excluding hydrogens is 463 g/mol. The highest BCUT2D eigenvalue weighted by molar-refractivity contribution is 6.35. The van der Waals surface area contributed by atoms with Gasteiger partial charge in [-0.3, -0.25) is 0 Å². The Morgan fingerprint density at radius 1 is 0.853 bits per heavy atom. The van der Waals surface area contributed by atoms with E-state index < -0.39 is 6.10 Å². The van der Waals surface area contributed by atoms with Crippen LogP contribution in [-0.4, -0.2) is 34.6 Å². The molecule has 0 amide bonds. The van der Waals surface area contributed by atoms with Crippen LogP contribution in [0.3, 0.4) is 0 Å². The van der Waals surface area contributed by atoms with Crippen LogP contribution >= 0.6 is 23.2 Å². The molecule has 1 heterocycles. The molecule has 0 aliphatic heterocycles. The lowest BCUT2D eigenvalue weighted by Crippen LogP contribution is -2.31. The number of aliphatic hydroxyl groups is 1. The summed E-state index contributed by atoms with van der Waals surface area (Å²) >= 11 is 12.6. The lowest BCUT2D eigenvalue weighted by atomic mass is 9.99. The minimum absolute atomic E-state index is 0.595. The van der Waals surface area contributed by atoms with Gasteiger partial charge in [-0.25, -0.2) is 4.98 Å². The summed E-state index contributed by atoms with van der Waals surface area (Å²) in [6.45, 7) is 7.15. The van der Waals surface area contributed by atoms with Crippen LogP contribution in [0.15, 0.2) is 48.5 Å². The Kier molecular flexibility index (Phi) is 11.1. The topological polar surface area (TPSA) is 36.4 Å². The van der Waals surface area contributed by atoms with Crippen LogP contribution in [0, 0.1) is 0 Å². The maximum absolute atomic E-state index is 11.5. The van der Waals surface area contributed by atoms with Crippen LogP contribution in [0.2, 0.25) is 10.0 Å². The van der Waals surface area contributed by atoms with Crippen LogP contribution in [0.1, 0.15) is 76.9 Å². The molecule has 3 nitrogen and oxygen atoms in total. The zero-order valence-electron chi connectivity index (χ0n) is 20.6. The van der Waals surface area contributed by atoms with Crippen molar-refractivity contribution in [3.8, 4) is 11.3 Å². The van der Waals surface area contributed by atoms with Crippen molar-refractivity contribution < 1.29 is 5.11 Å². The van der Waals surface area contributed by atoms with E-state index in [2.05, 4.69) is 18.7 Å². The van der Waals surface area contributed by atoms with E-state index in [1.165, 1.54) is 51.4 Å². The summed E-state index contributed by atoms with van der Waals surface area (Å²) in [5.41, 5.74) is 3.35. The van der Waals surface area contributed by atoms with Crippen LogP contribution in [0.25, 0.3) is 22.2 Å². The van der Waals surface area contributed by atoms with Gasteiger partial charge in [-0.15, -0.1) is 0 Å². The van der Waals surface area contributed by atoms with Crippen molar-refractivity contribution in [1.29, 1.82) is 0 Å². The molecule has 184 valence electrons. The van der Waals surface area contributed by atoms with Crippen LogP contribution in [-0.2, 0) is 0 Å². The molecule has 0 radical (unpaired) electrons. The molecule has 1 atom stereocenters. The minimum Gasteiger partial charge on any atom is -0.387 e. The van der Waals surface area contributed by atoms with Crippen molar-refractivity contribution in [2.24, 2.45) is 0 Å². The lowest BCUT2D eigenvalue weighted by molar-refractivity contribution is 0.111. The highest BCUT2D eigenvalue weighted by Gasteiger charge is 2.19. The fourth-order valence-corrected chi connectivity index (χ4v) is 4.79. The molecule has 0 aliphatic rings. The number of nitrogens with zero attached hydrogens (tertiary/aromatic N) is 2. The van der Waals surface area contributed by atoms with E-state index in [1.54, 1.807) is 0 Å². The standard InChI is InChI=1S/C29H38Cl2N2O/c1-3-5-7-9-18-33(19-10-8-6-4-2)21-28(34)25-20-27(22-14-16-23(30)17-15-22)32-29-24(25)12-11-13-26(29)31/h11-17,20,28,34H,3-10,18-19,21H2,1-2H3/t28-/m0/s1. The molecule has 1 N–H and O–H groups in total. The molecule has 0 aliphatic carbocycles. The number of fused-ring (bicyclic) bond motifs is 1. The van der Waals surface area contributed by atoms with Crippen LogP contribution in [0.4, 0.5) is 0 Å². The second-order valence-corrected chi connectivity index (χ2v) is 10.0. The van der Waals surface area contributed by atoms with E-state index in [1.807, 2.05) is 48.5 Å². The predicted octanol–water partition coefficient (Wildman–Crippen LogP) is 8.70. The Morgan fingerprint density at radius 2 is 1.50 bits per heavy atom. The molecule has 3 rings (SSSR count). The number of benzene rings is 2.